The SMILES string of the molecule is Cc1cccn2c(=O)c3c(nc12)N1CCCCC1C1(C3)C(=O)NC(=O)NC1=O. The van der Waals surface area contributed by atoms with Crippen LogP contribution < -0.4 is 21.1 Å². The number of barbiturate groups is 1. The average molecular weight is 381 g/mol. The third kappa shape index (κ3) is 2.04. The monoisotopic (exact) mass is 381 g/mol. The fraction of sp³-hybridized carbons (Fsp3) is 0.421. The van der Waals surface area contributed by atoms with Crippen LogP contribution in [0.2, 0.25) is 0 Å². The fourth-order valence-electron chi connectivity index (χ4n) is 4.84. The van der Waals surface area contributed by atoms with Crippen LogP contribution in [-0.2, 0) is 16.0 Å². The van der Waals surface area contributed by atoms with Gasteiger partial charge in [-0.3, -0.25) is 29.4 Å². The van der Waals surface area contributed by atoms with Gasteiger partial charge in [0.15, 0.2) is 5.41 Å². The minimum absolute atomic E-state index is 0.0723. The van der Waals surface area contributed by atoms with Crippen LogP contribution >= 0.6 is 0 Å². The summed E-state index contributed by atoms with van der Waals surface area (Å²) >= 11 is 0. The molecule has 3 aliphatic heterocycles. The largest absolute Gasteiger partial charge is 0.352 e. The van der Waals surface area contributed by atoms with Crippen LogP contribution in [0.3, 0.4) is 0 Å². The van der Waals surface area contributed by atoms with Gasteiger partial charge in [0.1, 0.15) is 11.5 Å². The van der Waals surface area contributed by atoms with Crippen molar-refractivity contribution < 1.29 is 14.4 Å². The van der Waals surface area contributed by atoms with E-state index in [2.05, 4.69) is 10.6 Å². The highest BCUT2D eigenvalue weighted by Crippen LogP contribution is 2.44. The van der Waals surface area contributed by atoms with E-state index in [1.807, 2.05) is 17.9 Å². The van der Waals surface area contributed by atoms with Gasteiger partial charge < -0.3 is 4.90 Å². The van der Waals surface area contributed by atoms with E-state index >= 15 is 0 Å². The Morgan fingerprint density at radius 3 is 2.64 bits per heavy atom. The van der Waals surface area contributed by atoms with Crippen LogP contribution in [0.5, 0.6) is 0 Å². The Morgan fingerprint density at radius 2 is 1.89 bits per heavy atom. The van der Waals surface area contributed by atoms with Gasteiger partial charge in [-0.2, -0.15) is 0 Å². The van der Waals surface area contributed by atoms with Gasteiger partial charge in [-0.05, 0) is 37.8 Å². The number of hydrogen-bond acceptors (Lipinski definition) is 6. The molecule has 144 valence electrons. The molecule has 1 spiro atoms. The number of rotatable bonds is 0. The van der Waals surface area contributed by atoms with Crippen LogP contribution in [0, 0.1) is 12.3 Å². The molecular weight excluding hydrogens is 362 g/mol. The molecule has 5 rings (SSSR count). The number of anilines is 1. The van der Waals surface area contributed by atoms with Crippen molar-refractivity contribution in [2.24, 2.45) is 5.41 Å². The van der Waals surface area contributed by atoms with Crippen molar-refractivity contribution >= 4 is 29.3 Å². The Balaban J connectivity index is 1.79. The number of aromatic nitrogens is 2. The second-order valence-electron chi connectivity index (χ2n) is 7.69. The molecule has 0 radical (unpaired) electrons. The fourth-order valence-corrected chi connectivity index (χ4v) is 4.84. The van der Waals surface area contributed by atoms with Gasteiger partial charge in [0, 0.05) is 19.2 Å². The number of fused-ring (bicyclic) bond motifs is 5. The van der Waals surface area contributed by atoms with Crippen molar-refractivity contribution in [1.82, 2.24) is 20.0 Å². The summed E-state index contributed by atoms with van der Waals surface area (Å²) in [5.41, 5.74) is -0.0278. The Labute approximate surface area is 159 Å². The molecule has 0 aromatic carbocycles. The number of piperidine rings is 1. The van der Waals surface area contributed by atoms with Gasteiger partial charge in [-0.15, -0.1) is 0 Å². The molecule has 1 unspecified atom stereocenters. The molecule has 9 heteroatoms. The van der Waals surface area contributed by atoms with Crippen molar-refractivity contribution in [3.05, 3.63) is 39.8 Å². The molecule has 28 heavy (non-hydrogen) atoms. The van der Waals surface area contributed by atoms with E-state index < -0.39 is 29.3 Å². The number of nitrogens with zero attached hydrogens (tertiary/aromatic N) is 3. The maximum absolute atomic E-state index is 13.3. The standard InChI is InChI=1S/C19H19N5O4/c1-10-5-4-8-24-13(10)20-14-11(15(24)25)9-19(12-6-2-3-7-23(12)14)16(26)21-18(28)22-17(19)27/h4-5,8,12H,2-3,6-7,9H2,1H3,(H2,21,22,26,27,28). The van der Waals surface area contributed by atoms with Gasteiger partial charge in [0.2, 0.25) is 11.8 Å². The molecule has 5 heterocycles. The third-order valence-electron chi connectivity index (χ3n) is 6.18. The van der Waals surface area contributed by atoms with E-state index in [1.165, 1.54) is 4.40 Å². The minimum atomic E-state index is -1.51. The Hall–Kier alpha value is -3.23. The quantitative estimate of drug-likeness (QED) is 0.634. The van der Waals surface area contributed by atoms with Crippen molar-refractivity contribution in [2.75, 3.05) is 11.4 Å². The predicted molar refractivity (Wildman–Crippen MR) is 99.0 cm³/mol. The number of urea groups is 1. The summed E-state index contributed by atoms with van der Waals surface area (Å²) in [6, 6.07) is 2.39. The first kappa shape index (κ1) is 16.9. The number of pyridine rings is 1. The number of hydrogen-bond donors (Lipinski definition) is 2. The van der Waals surface area contributed by atoms with E-state index in [0.717, 1.165) is 18.4 Å². The lowest BCUT2D eigenvalue weighted by molar-refractivity contribution is -0.146. The van der Waals surface area contributed by atoms with E-state index in [1.54, 1.807) is 12.3 Å². The first-order valence-corrected chi connectivity index (χ1v) is 9.38. The molecular formula is C19H19N5O4. The first-order chi connectivity index (χ1) is 13.4. The molecule has 0 saturated carbocycles. The molecule has 2 aromatic heterocycles. The summed E-state index contributed by atoms with van der Waals surface area (Å²) in [5, 5.41) is 4.47. The van der Waals surface area contributed by atoms with Crippen molar-refractivity contribution in [3.8, 4) is 0 Å². The molecule has 2 N–H and O–H groups in total. The van der Waals surface area contributed by atoms with Crippen molar-refractivity contribution in [2.45, 2.75) is 38.6 Å². The number of amides is 4. The summed E-state index contributed by atoms with van der Waals surface area (Å²) in [7, 11) is 0. The van der Waals surface area contributed by atoms with E-state index in [9.17, 15) is 19.2 Å². The Bertz CT molecular complexity index is 1100. The van der Waals surface area contributed by atoms with Crippen LogP contribution in [0.4, 0.5) is 10.6 Å². The molecule has 1 atom stereocenters. The Kier molecular flexibility index (Phi) is 3.40. The summed E-state index contributed by atoms with van der Waals surface area (Å²) in [4.78, 5) is 57.5. The summed E-state index contributed by atoms with van der Waals surface area (Å²) < 4.78 is 1.45. The molecule has 2 fully saturated rings. The van der Waals surface area contributed by atoms with Gasteiger partial charge in [0.05, 0.1) is 11.6 Å². The number of aryl methyl sites for hydroxylation is 1. The number of imide groups is 2. The third-order valence-corrected chi connectivity index (χ3v) is 6.18. The normalized spacial score (nSPS) is 23.2. The van der Waals surface area contributed by atoms with E-state index in [0.29, 0.717) is 30.0 Å². The summed E-state index contributed by atoms with van der Waals surface area (Å²) in [6.45, 7) is 2.49. The second kappa shape index (κ2) is 5.63. The zero-order chi connectivity index (χ0) is 19.6. The smallest absolute Gasteiger partial charge is 0.328 e. The Morgan fingerprint density at radius 1 is 1.14 bits per heavy atom. The second-order valence-corrected chi connectivity index (χ2v) is 7.69. The van der Waals surface area contributed by atoms with Crippen LogP contribution in [-0.4, -0.2) is 39.8 Å². The maximum Gasteiger partial charge on any atom is 0.328 e. The van der Waals surface area contributed by atoms with Gasteiger partial charge in [0.25, 0.3) is 5.56 Å². The minimum Gasteiger partial charge on any atom is -0.352 e. The first-order valence-electron chi connectivity index (χ1n) is 9.38. The molecule has 4 amide bonds. The van der Waals surface area contributed by atoms with E-state index in [-0.39, 0.29) is 12.0 Å². The summed E-state index contributed by atoms with van der Waals surface area (Å²) in [5.74, 6) is -0.734. The van der Waals surface area contributed by atoms with Gasteiger partial charge >= 0.3 is 6.03 Å². The molecule has 2 saturated heterocycles. The maximum atomic E-state index is 13.3. The highest BCUT2D eigenvalue weighted by atomic mass is 16.2. The topological polar surface area (TPSA) is 113 Å². The van der Waals surface area contributed by atoms with Crippen LogP contribution in [0.15, 0.2) is 23.1 Å². The van der Waals surface area contributed by atoms with Crippen LogP contribution in [0.25, 0.3) is 5.65 Å². The van der Waals surface area contributed by atoms with Crippen LogP contribution in [0.1, 0.15) is 30.4 Å². The molecule has 3 aliphatic rings. The summed E-state index contributed by atoms with van der Waals surface area (Å²) in [6.07, 6.45) is 3.92. The lowest BCUT2D eigenvalue weighted by atomic mass is 9.67. The highest BCUT2D eigenvalue weighted by molar-refractivity contribution is 6.20. The lowest BCUT2D eigenvalue weighted by Gasteiger charge is -2.51. The van der Waals surface area contributed by atoms with E-state index in [4.69, 9.17) is 4.98 Å². The zero-order valence-electron chi connectivity index (χ0n) is 15.3. The predicted octanol–water partition coefficient (Wildman–Crippen LogP) is 0.270. The van der Waals surface area contributed by atoms with Crippen molar-refractivity contribution in [1.29, 1.82) is 0 Å². The average Bonchev–Trinajstić information content (AvgIpc) is 2.67. The van der Waals surface area contributed by atoms with Gasteiger partial charge in [-0.1, -0.05) is 6.07 Å². The number of nitrogens with one attached hydrogen (secondary N) is 2. The number of carbonyl (C=O) groups excluding carboxylic acids is 3. The number of carbonyl (C=O) groups is 3. The molecule has 2 aromatic rings. The lowest BCUT2D eigenvalue weighted by Crippen LogP contribution is -2.72. The molecule has 0 bridgehead atoms. The van der Waals surface area contributed by atoms with Gasteiger partial charge in [-0.25, -0.2) is 9.78 Å². The zero-order valence-corrected chi connectivity index (χ0v) is 15.3. The molecule has 9 nitrogen and oxygen atoms in total. The van der Waals surface area contributed by atoms with Crippen molar-refractivity contribution in [3.63, 3.8) is 0 Å². The molecule has 0 aliphatic carbocycles. The highest BCUT2D eigenvalue weighted by Gasteiger charge is 2.60.